The first-order valence-electron chi connectivity index (χ1n) is 7.59. The number of allylic oxidation sites excluding steroid dienone is 1. The van der Waals surface area contributed by atoms with E-state index in [9.17, 15) is 0 Å². The zero-order chi connectivity index (χ0) is 15.7. The van der Waals surface area contributed by atoms with Gasteiger partial charge in [-0.15, -0.1) is 0 Å². The van der Waals surface area contributed by atoms with Crippen LogP contribution in [0, 0.1) is 0 Å². The molecule has 3 aromatic rings. The molecule has 2 heteroatoms. The van der Waals surface area contributed by atoms with Crippen molar-refractivity contribution in [2.75, 3.05) is 5.01 Å². The predicted octanol–water partition coefficient (Wildman–Crippen LogP) is 5.52. The number of nitrogens with zero attached hydrogens (tertiary/aromatic N) is 2. The maximum absolute atomic E-state index is 4.60. The lowest BCUT2D eigenvalue weighted by Crippen LogP contribution is -2.08. The van der Waals surface area contributed by atoms with E-state index in [1.807, 2.05) is 102 Å². The van der Waals surface area contributed by atoms with Crippen LogP contribution in [0.4, 0.5) is 11.4 Å². The molecule has 3 aromatic carbocycles. The summed E-state index contributed by atoms with van der Waals surface area (Å²) >= 11 is 0. The quantitative estimate of drug-likeness (QED) is 0.447. The molecule has 0 aromatic heterocycles. The Bertz CT molecular complexity index is 723. The van der Waals surface area contributed by atoms with Crippen LogP contribution < -0.4 is 5.01 Å². The van der Waals surface area contributed by atoms with Gasteiger partial charge < -0.3 is 0 Å². The van der Waals surface area contributed by atoms with Gasteiger partial charge in [0, 0.05) is 6.21 Å². The molecule has 0 aliphatic carbocycles. The molecule has 23 heavy (non-hydrogen) atoms. The lowest BCUT2D eigenvalue weighted by molar-refractivity contribution is 1.09. The van der Waals surface area contributed by atoms with Gasteiger partial charge in [0.25, 0.3) is 0 Å². The SMILES string of the molecule is C(=C\c1ccccc1)/C=N/N(c1ccccc1)c1ccccc1. The van der Waals surface area contributed by atoms with Crippen molar-refractivity contribution in [3.8, 4) is 0 Å². The molecule has 0 heterocycles. The van der Waals surface area contributed by atoms with E-state index in [4.69, 9.17) is 0 Å². The average Bonchev–Trinajstić information content (AvgIpc) is 2.64. The fourth-order valence-corrected chi connectivity index (χ4v) is 2.24. The van der Waals surface area contributed by atoms with E-state index in [0.29, 0.717) is 0 Å². The molecule has 0 bridgehead atoms. The molecule has 0 spiro atoms. The fourth-order valence-electron chi connectivity index (χ4n) is 2.24. The van der Waals surface area contributed by atoms with E-state index in [1.54, 1.807) is 0 Å². The van der Waals surface area contributed by atoms with Gasteiger partial charge in [-0.1, -0.05) is 72.8 Å². The highest BCUT2D eigenvalue weighted by Gasteiger charge is 2.05. The first-order valence-corrected chi connectivity index (χ1v) is 7.59. The van der Waals surface area contributed by atoms with Gasteiger partial charge in [0.05, 0.1) is 11.4 Å². The van der Waals surface area contributed by atoms with Gasteiger partial charge in [0.1, 0.15) is 0 Å². The summed E-state index contributed by atoms with van der Waals surface area (Å²) in [4.78, 5) is 0. The second-order valence-electron chi connectivity index (χ2n) is 5.02. The fraction of sp³-hybridized carbons (Fsp3) is 0. The van der Waals surface area contributed by atoms with E-state index in [2.05, 4.69) is 17.2 Å². The van der Waals surface area contributed by atoms with Gasteiger partial charge in [-0.05, 0) is 35.9 Å². The van der Waals surface area contributed by atoms with Crippen molar-refractivity contribution in [3.05, 3.63) is 103 Å². The zero-order valence-corrected chi connectivity index (χ0v) is 12.8. The Balaban J connectivity index is 1.82. The summed E-state index contributed by atoms with van der Waals surface area (Å²) in [5, 5.41) is 6.53. The molecule has 0 amide bonds. The monoisotopic (exact) mass is 298 g/mol. The molecule has 0 aliphatic rings. The Kier molecular flexibility index (Phi) is 4.99. The number of hydrogen-bond donors (Lipinski definition) is 0. The second-order valence-corrected chi connectivity index (χ2v) is 5.02. The number of benzene rings is 3. The first kappa shape index (κ1) is 14.8. The smallest absolute Gasteiger partial charge is 0.0652 e. The molecule has 112 valence electrons. The van der Waals surface area contributed by atoms with E-state index >= 15 is 0 Å². The molecule has 0 aliphatic heterocycles. The van der Waals surface area contributed by atoms with Crippen LogP contribution >= 0.6 is 0 Å². The Morgan fingerprint density at radius 3 is 1.61 bits per heavy atom. The Labute approximate surface area is 137 Å². The van der Waals surface area contributed by atoms with Crippen LogP contribution in [0.5, 0.6) is 0 Å². The van der Waals surface area contributed by atoms with Gasteiger partial charge in [-0.25, -0.2) is 5.01 Å². The van der Waals surface area contributed by atoms with Crippen LogP contribution in [0.15, 0.2) is 102 Å². The molecule has 0 saturated carbocycles. The molecule has 0 fully saturated rings. The summed E-state index contributed by atoms with van der Waals surface area (Å²) in [6.07, 6.45) is 5.80. The summed E-state index contributed by atoms with van der Waals surface area (Å²) in [5.41, 5.74) is 3.22. The van der Waals surface area contributed by atoms with Crippen LogP contribution in [-0.2, 0) is 0 Å². The summed E-state index contributed by atoms with van der Waals surface area (Å²) < 4.78 is 0. The molecular weight excluding hydrogens is 280 g/mol. The summed E-state index contributed by atoms with van der Waals surface area (Å²) in [5.74, 6) is 0. The van der Waals surface area contributed by atoms with Crippen LogP contribution in [0.2, 0.25) is 0 Å². The van der Waals surface area contributed by atoms with Crippen molar-refractivity contribution in [2.45, 2.75) is 0 Å². The molecule has 0 N–H and O–H groups in total. The second kappa shape index (κ2) is 7.76. The lowest BCUT2D eigenvalue weighted by Gasteiger charge is -2.18. The van der Waals surface area contributed by atoms with Crippen molar-refractivity contribution in [1.29, 1.82) is 0 Å². The van der Waals surface area contributed by atoms with Crippen molar-refractivity contribution in [1.82, 2.24) is 0 Å². The van der Waals surface area contributed by atoms with Crippen LogP contribution in [-0.4, -0.2) is 6.21 Å². The number of rotatable bonds is 5. The maximum atomic E-state index is 4.60. The van der Waals surface area contributed by atoms with Crippen LogP contribution in [0.1, 0.15) is 5.56 Å². The number of hydrogen-bond acceptors (Lipinski definition) is 2. The third kappa shape index (κ3) is 4.17. The Hall–Kier alpha value is -3.13. The topological polar surface area (TPSA) is 15.6 Å². The third-order valence-electron chi connectivity index (χ3n) is 3.36. The minimum absolute atomic E-state index is 1.03. The van der Waals surface area contributed by atoms with E-state index in [0.717, 1.165) is 16.9 Å². The van der Waals surface area contributed by atoms with E-state index in [1.165, 1.54) is 0 Å². The van der Waals surface area contributed by atoms with Crippen LogP contribution in [0.25, 0.3) is 6.08 Å². The van der Waals surface area contributed by atoms with E-state index < -0.39 is 0 Å². The molecule has 0 atom stereocenters. The van der Waals surface area contributed by atoms with Gasteiger partial charge >= 0.3 is 0 Å². The molecule has 0 saturated heterocycles. The van der Waals surface area contributed by atoms with Crippen molar-refractivity contribution >= 4 is 23.7 Å². The highest BCUT2D eigenvalue weighted by molar-refractivity contribution is 5.80. The molecule has 0 radical (unpaired) electrons. The minimum atomic E-state index is 1.03. The number of para-hydroxylation sites is 2. The van der Waals surface area contributed by atoms with Crippen molar-refractivity contribution in [3.63, 3.8) is 0 Å². The molecule has 0 unspecified atom stereocenters. The Morgan fingerprint density at radius 2 is 1.09 bits per heavy atom. The maximum Gasteiger partial charge on any atom is 0.0652 e. The first-order chi connectivity index (χ1) is 11.4. The predicted molar refractivity (Wildman–Crippen MR) is 99.0 cm³/mol. The zero-order valence-electron chi connectivity index (χ0n) is 12.8. The highest BCUT2D eigenvalue weighted by atomic mass is 15.5. The Morgan fingerprint density at radius 1 is 0.609 bits per heavy atom. The normalized spacial score (nSPS) is 11.1. The van der Waals surface area contributed by atoms with Gasteiger partial charge in [-0.2, -0.15) is 5.10 Å². The van der Waals surface area contributed by atoms with Crippen LogP contribution in [0.3, 0.4) is 0 Å². The molecular formula is C21H18N2. The average molecular weight is 298 g/mol. The summed E-state index contributed by atoms with van der Waals surface area (Å²) in [6, 6.07) is 30.5. The number of hydrazone groups is 1. The minimum Gasteiger partial charge on any atom is -0.234 e. The van der Waals surface area contributed by atoms with E-state index in [-0.39, 0.29) is 0 Å². The van der Waals surface area contributed by atoms with Gasteiger partial charge in [-0.3, -0.25) is 0 Å². The standard InChI is InChI=1S/C21H18N2/c1-4-11-19(12-5-1)13-10-18-22-23(20-14-6-2-7-15-20)21-16-8-3-9-17-21/h1-18H/b13-10+,22-18+. The summed E-state index contributed by atoms with van der Waals surface area (Å²) in [7, 11) is 0. The number of anilines is 2. The third-order valence-corrected chi connectivity index (χ3v) is 3.36. The van der Waals surface area contributed by atoms with Gasteiger partial charge in [0.2, 0.25) is 0 Å². The van der Waals surface area contributed by atoms with Crippen molar-refractivity contribution in [2.24, 2.45) is 5.10 Å². The molecule has 2 nitrogen and oxygen atoms in total. The van der Waals surface area contributed by atoms with Gasteiger partial charge in [0.15, 0.2) is 0 Å². The lowest BCUT2D eigenvalue weighted by atomic mass is 10.2. The highest BCUT2D eigenvalue weighted by Crippen LogP contribution is 2.24. The molecule has 3 rings (SSSR count). The van der Waals surface area contributed by atoms with Crippen molar-refractivity contribution < 1.29 is 0 Å². The summed E-state index contributed by atoms with van der Waals surface area (Å²) in [6.45, 7) is 0. The largest absolute Gasteiger partial charge is 0.234 e.